The number of aryl methyl sites for hydroxylation is 1. The molecule has 0 fully saturated rings. The van der Waals surface area contributed by atoms with Crippen LogP contribution in [0.4, 0.5) is 4.79 Å². The first kappa shape index (κ1) is 24.4. The third-order valence-corrected chi connectivity index (χ3v) is 6.94. The van der Waals surface area contributed by atoms with Crippen molar-refractivity contribution < 1.29 is 24.2 Å². The number of thiazole rings is 1. The van der Waals surface area contributed by atoms with E-state index in [2.05, 4.69) is 39.9 Å². The summed E-state index contributed by atoms with van der Waals surface area (Å²) in [5, 5.41) is 15.0. The Kier molecular flexibility index (Phi) is 7.45. The lowest BCUT2D eigenvalue weighted by Crippen LogP contribution is -2.41. The number of aromatic nitrogens is 1. The molecule has 1 aliphatic carbocycles. The molecule has 3 aromatic rings. The summed E-state index contributed by atoms with van der Waals surface area (Å²) in [7, 11) is 0. The van der Waals surface area contributed by atoms with E-state index in [1.807, 2.05) is 31.2 Å². The smallest absolute Gasteiger partial charge is 0.407 e. The Morgan fingerprint density at radius 2 is 1.71 bits per heavy atom. The van der Waals surface area contributed by atoms with Crippen molar-refractivity contribution in [3.05, 3.63) is 75.2 Å². The second-order valence-electron chi connectivity index (χ2n) is 8.34. The fourth-order valence-corrected chi connectivity index (χ4v) is 5.18. The summed E-state index contributed by atoms with van der Waals surface area (Å²) in [6, 6.07) is 15.3. The second kappa shape index (κ2) is 10.7. The minimum Gasteiger partial charge on any atom is -0.480 e. The lowest BCUT2D eigenvalue weighted by atomic mass is 9.98. The number of benzene rings is 2. The Morgan fingerprint density at radius 1 is 1.09 bits per heavy atom. The predicted octanol–water partition coefficient (Wildman–Crippen LogP) is 4.47. The van der Waals surface area contributed by atoms with Crippen molar-refractivity contribution in [2.45, 2.75) is 45.2 Å². The van der Waals surface area contributed by atoms with Gasteiger partial charge in [0.05, 0.1) is 6.54 Å². The van der Waals surface area contributed by atoms with Crippen LogP contribution in [0.25, 0.3) is 11.1 Å². The molecule has 1 aliphatic rings. The number of carboxylic acids is 1. The van der Waals surface area contributed by atoms with Crippen molar-refractivity contribution in [2.75, 3.05) is 6.61 Å². The van der Waals surface area contributed by atoms with Crippen LogP contribution < -0.4 is 10.6 Å². The Labute approximate surface area is 207 Å². The molecule has 0 saturated heterocycles. The largest absolute Gasteiger partial charge is 0.480 e. The highest BCUT2D eigenvalue weighted by molar-refractivity contribution is 7.11. The number of carbonyl (C=O) groups is 3. The Bertz CT molecular complexity index is 1210. The minimum atomic E-state index is -1.08. The first-order valence-corrected chi connectivity index (χ1v) is 12.3. The molecule has 1 heterocycles. The molecule has 35 heavy (non-hydrogen) atoms. The molecular formula is C26H27N3O5S. The molecule has 4 rings (SSSR count). The molecule has 3 N–H and O–H groups in total. The van der Waals surface area contributed by atoms with Crippen LogP contribution >= 0.6 is 11.3 Å². The summed E-state index contributed by atoms with van der Waals surface area (Å²) in [5.74, 6) is -1.65. The summed E-state index contributed by atoms with van der Waals surface area (Å²) < 4.78 is 5.53. The van der Waals surface area contributed by atoms with Crippen LogP contribution in [0.2, 0.25) is 0 Å². The highest BCUT2D eigenvalue weighted by Gasteiger charge is 2.29. The zero-order valence-corrected chi connectivity index (χ0v) is 20.4. The number of hydrogen-bond donors (Lipinski definition) is 3. The maximum atomic E-state index is 12.5. The van der Waals surface area contributed by atoms with E-state index in [1.165, 1.54) is 11.3 Å². The molecule has 2 aromatic carbocycles. The average Bonchev–Trinajstić information content (AvgIpc) is 3.38. The number of carbonyl (C=O) groups excluding carboxylic acids is 2. The number of amides is 2. The van der Waals surface area contributed by atoms with Crippen LogP contribution in [0.5, 0.6) is 0 Å². The van der Waals surface area contributed by atoms with Gasteiger partial charge < -0.3 is 20.5 Å². The van der Waals surface area contributed by atoms with E-state index < -0.39 is 24.0 Å². The third-order valence-electron chi connectivity index (χ3n) is 5.96. The number of nitrogens with zero attached hydrogens (tertiary/aromatic N) is 1. The summed E-state index contributed by atoms with van der Waals surface area (Å²) >= 11 is 1.27. The van der Waals surface area contributed by atoms with E-state index in [1.54, 1.807) is 6.92 Å². The number of alkyl carbamates (subject to hydrolysis) is 1. The molecule has 0 spiro atoms. The molecule has 0 bridgehead atoms. The van der Waals surface area contributed by atoms with Gasteiger partial charge in [0, 0.05) is 10.8 Å². The van der Waals surface area contributed by atoms with Gasteiger partial charge in [-0.2, -0.15) is 0 Å². The van der Waals surface area contributed by atoms with E-state index in [0.29, 0.717) is 22.7 Å². The summed E-state index contributed by atoms with van der Waals surface area (Å²) in [6.45, 7) is 3.90. The van der Waals surface area contributed by atoms with E-state index >= 15 is 0 Å². The Morgan fingerprint density at radius 3 is 2.31 bits per heavy atom. The molecule has 0 aliphatic heterocycles. The monoisotopic (exact) mass is 493 g/mol. The molecule has 0 saturated carbocycles. The van der Waals surface area contributed by atoms with Crippen molar-refractivity contribution in [1.82, 2.24) is 15.6 Å². The molecular weight excluding hydrogens is 466 g/mol. The number of aliphatic carboxylic acids is 1. The molecule has 0 radical (unpaired) electrons. The number of fused-ring (bicyclic) bond motifs is 3. The average molecular weight is 494 g/mol. The fourth-order valence-electron chi connectivity index (χ4n) is 4.31. The molecule has 1 aromatic heterocycles. The van der Waals surface area contributed by atoms with E-state index in [4.69, 9.17) is 4.74 Å². The number of carboxylic acid groups (broad SMARTS) is 1. The maximum Gasteiger partial charge on any atom is 0.407 e. The van der Waals surface area contributed by atoms with Gasteiger partial charge >= 0.3 is 12.1 Å². The molecule has 9 heteroatoms. The number of hydrogen-bond acceptors (Lipinski definition) is 6. The molecule has 1 atom stereocenters. The highest BCUT2D eigenvalue weighted by Crippen LogP contribution is 2.44. The van der Waals surface area contributed by atoms with Gasteiger partial charge in [0.25, 0.3) is 5.91 Å². The van der Waals surface area contributed by atoms with Gasteiger partial charge in [-0.3, -0.25) is 4.79 Å². The van der Waals surface area contributed by atoms with Gasteiger partial charge in [0.2, 0.25) is 0 Å². The maximum absolute atomic E-state index is 12.5. The number of rotatable bonds is 9. The molecule has 0 unspecified atom stereocenters. The predicted molar refractivity (Wildman–Crippen MR) is 133 cm³/mol. The standard InChI is InChI=1S/C26H27N3O5S/c1-3-8-21(25(31)32)28-24(30)23-15(2)35-22(29-23)13-27-26(33)34-14-20-18-11-6-4-9-16(18)17-10-5-7-12-19(17)20/h4-7,9-12,20-21H,3,8,13-14H2,1-2H3,(H,27,33)(H,28,30)(H,31,32)/t21-/m0/s1. The van der Waals surface area contributed by atoms with Crippen molar-refractivity contribution in [1.29, 1.82) is 0 Å². The quantitative estimate of drug-likeness (QED) is 0.405. The van der Waals surface area contributed by atoms with Crippen LogP contribution in [0.3, 0.4) is 0 Å². The van der Waals surface area contributed by atoms with Crippen molar-refractivity contribution in [3.63, 3.8) is 0 Å². The normalized spacial score (nSPS) is 13.0. The summed E-state index contributed by atoms with van der Waals surface area (Å²) in [5.41, 5.74) is 4.75. The van der Waals surface area contributed by atoms with Crippen LogP contribution in [-0.4, -0.2) is 40.7 Å². The lowest BCUT2D eigenvalue weighted by Gasteiger charge is -2.14. The van der Waals surface area contributed by atoms with E-state index in [-0.39, 0.29) is 24.8 Å². The van der Waals surface area contributed by atoms with Gasteiger partial charge in [-0.05, 0) is 35.6 Å². The van der Waals surface area contributed by atoms with Gasteiger partial charge in [-0.25, -0.2) is 14.6 Å². The first-order valence-electron chi connectivity index (χ1n) is 11.5. The topological polar surface area (TPSA) is 118 Å². The third kappa shape index (κ3) is 5.35. The zero-order valence-electron chi connectivity index (χ0n) is 19.5. The second-order valence-corrected chi connectivity index (χ2v) is 9.63. The summed E-state index contributed by atoms with van der Waals surface area (Å²) in [4.78, 5) is 41.2. The van der Waals surface area contributed by atoms with Crippen LogP contribution in [0, 0.1) is 6.92 Å². The van der Waals surface area contributed by atoms with Gasteiger partial charge in [-0.1, -0.05) is 61.9 Å². The van der Waals surface area contributed by atoms with Gasteiger partial charge in [0.15, 0.2) is 0 Å². The fraction of sp³-hybridized carbons (Fsp3) is 0.308. The van der Waals surface area contributed by atoms with E-state index in [9.17, 15) is 19.5 Å². The SMILES string of the molecule is CCC[C@H](NC(=O)c1nc(CNC(=O)OCC2c3ccccc3-c3ccccc32)sc1C)C(=O)O. The highest BCUT2D eigenvalue weighted by atomic mass is 32.1. The van der Waals surface area contributed by atoms with Gasteiger partial charge in [-0.15, -0.1) is 11.3 Å². The Hall–Kier alpha value is -3.72. The molecule has 182 valence electrons. The lowest BCUT2D eigenvalue weighted by molar-refractivity contribution is -0.139. The van der Waals surface area contributed by atoms with E-state index in [0.717, 1.165) is 22.3 Å². The van der Waals surface area contributed by atoms with Crippen LogP contribution in [0.1, 0.15) is 57.2 Å². The van der Waals surface area contributed by atoms with Crippen molar-refractivity contribution in [2.24, 2.45) is 0 Å². The van der Waals surface area contributed by atoms with Crippen molar-refractivity contribution >= 4 is 29.3 Å². The first-order chi connectivity index (χ1) is 16.9. The Balaban J connectivity index is 1.34. The molecule has 8 nitrogen and oxygen atoms in total. The van der Waals surface area contributed by atoms with Gasteiger partial charge in [0.1, 0.15) is 23.4 Å². The summed E-state index contributed by atoms with van der Waals surface area (Å²) in [6.07, 6.45) is 0.392. The zero-order chi connectivity index (χ0) is 24.9. The van der Waals surface area contributed by atoms with Crippen LogP contribution in [-0.2, 0) is 16.1 Å². The molecule has 2 amide bonds. The van der Waals surface area contributed by atoms with Crippen LogP contribution in [0.15, 0.2) is 48.5 Å². The minimum absolute atomic E-state index is 0.0316. The van der Waals surface area contributed by atoms with Crippen molar-refractivity contribution in [3.8, 4) is 11.1 Å². The number of ether oxygens (including phenoxy) is 1. The number of nitrogens with one attached hydrogen (secondary N) is 2.